The molecule has 0 saturated heterocycles. The van der Waals surface area contributed by atoms with E-state index in [1.54, 1.807) is 23.5 Å². The number of fused-ring (bicyclic) bond motifs is 1. The number of rotatable bonds is 6. The number of benzene rings is 1. The minimum atomic E-state index is -0.475. The first-order valence-electron chi connectivity index (χ1n) is 8.94. The van der Waals surface area contributed by atoms with Crippen molar-refractivity contribution in [3.63, 3.8) is 0 Å². The Bertz CT molecular complexity index is 784. The molecule has 3 nitrogen and oxygen atoms in total. The van der Waals surface area contributed by atoms with Gasteiger partial charge in [-0.05, 0) is 43.9 Å². The van der Waals surface area contributed by atoms with Crippen molar-refractivity contribution >= 4 is 17.1 Å². The molecule has 2 aliphatic rings. The molecule has 0 N–H and O–H groups in total. The molecule has 5 heteroatoms. The van der Waals surface area contributed by atoms with Gasteiger partial charge in [0, 0.05) is 29.4 Å². The van der Waals surface area contributed by atoms with E-state index in [4.69, 9.17) is 4.74 Å². The van der Waals surface area contributed by atoms with Gasteiger partial charge in [0.1, 0.15) is 5.82 Å². The van der Waals surface area contributed by atoms with Crippen molar-refractivity contribution in [2.45, 2.75) is 38.8 Å². The first-order valence-corrected chi connectivity index (χ1v) is 9.75. The maximum atomic E-state index is 14.4. The molecule has 1 aromatic heterocycles. The average Bonchev–Trinajstić information content (AvgIpc) is 3.37. The van der Waals surface area contributed by atoms with Gasteiger partial charge in [-0.25, -0.2) is 4.39 Å². The quantitative estimate of drug-likeness (QED) is 0.767. The number of nitrogens with zero attached hydrogens (tertiary/aromatic N) is 1. The lowest BCUT2D eigenvalue weighted by Gasteiger charge is -2.34. The predicted octanol–water partition coefficient (Wildman–Crippen LogP) is 4.36. The van der Waals surface area contributed by atoms with Crippen LogP contribution in [0.5, 0.6) is 5.06 Å². The second-order valence-electron chi connectivity index (χ2n) is 6.77. The van der Waals surface area contributed by atoms with Crippen molar-refractivity contribution < 1.29 is 13.9 Å². The smallest absolute Gasteiger partial charge is 0.174 e. The van der Waals surface area contributed by atoms with Crippen molar-refractivity contribution in [3.8, 4) is 5.06 Å². The lowest BCUT2D eigenvalue weighted by Crippen LogP contribution is -2.38. The normalized spacial score (nSPS) is 18.6. The maximum absolute atomic E-state index is 14.4. The van der Waals surface area contributed by atoms with Gasteiger partial charge >= 0.3 is 0 Å². The average molecular weight is 359 g/mol. The number of halogens is 1. The Morgan fingerprint density at radius 1 is 1.40 bits per heavy atom. The van der Waals surface area contributed by atoms with Crippen LogP contribution in [-0.4, -0.2) is 23.8 Å². The Kier molecular flexibility index (Phi) is 4.61. The van der Waals surface area contributed by atoms with E-state index in [9.17, 15) is 9.18 Å². The summed E-state index contributed by atoms with van der Waals surface area (Å²) in [5.74, 6) is -0.00565. The molecule has 1 fully saturated rings. The highest BCUT2D eigenvalue weighted by Crippen LogP contribution is 2.41. The van der Waals surface area contributed by atoms with Gasteiger partial charge in [0.15, 0.2) is 10.8 Å². The van der Waals surface area contributed by atoms with Crippen LogP contribution in [0.2, 0.25) is 0 Å². The summed E-state index contributed by atoms with van der Waals surface area (Å²) in [5, 5.41) is 0.935. The molecule has 1 saturated carbocycles. The predicted molar refractivity (Wildman–Crippen MR) is 96.5 cm³/mol. The number of carbonyl (C=O) groups excluding carboxylic acids is 1. The number of ether oxygens (including phenoxy) is 1. The largest absolute Gasteiger partial charge is 0.484 e. The second kappa shape index (κ2) is 6.89. The molecule has 0 spiro atoms. The summed E-state index contributed by atoms with van der Waals surface area (Å²) in [5.41, 5.74) is 1.73. The van der Waals surface area contributed by atoms with Gasteiger partial charge in [0.2, 0.25) is 0 Å². The standard InChI is InChI=1S/C20H22FNO2S/c1-2-24-18-11-14-12-22(10-9-17(14)25-18)19(20(23)13-7-8-13)15-5-3-4-6-16(15)21/h3-6,11,13,19H,2,7-10,12H2,1H3. The van der Waals surface area contributed by atoms with E-state index < -0.39 is 6.04 Å². The molecule has 1 aromatic carbocycles. The Morgan fingerprint density at radius 3 is 2.92 bits per heavy atom. The zero-order valence-corrected chi connectivity index (χ0v) is 15.2. The van der Waals surface area contributed by atoms with Crippen molar-refractivity contribution in [1.82, 2.24) is 4.90 Å². The van der Waals surface area contributed by atoms with E-state index >= 15 is 0 Å². The highest BCUT2D eigenvalue weighted by Gasteiger charge is 2.40. The summed E-state index contributed by atoms with van der Waals surface area (Å²) < 4.78 is 20.1. The lowest BCUT2D eigenvalue weighted by molar-refractivity contribution is -0.126. The minimum absolute atomic E-state index is 0.104. The van der Waals surface area contributed by atoms with Crippen molar-refractivity contribution in [2.24, 2.45) is 5.92 Å². The molecule has 132 valence electrons. The van der Waals surface area contributed by atoms with Crippen LogP contribution < -0.4 is 4.74 Å². The van der Waals surface area contributed by atoms with E-state index in [-0.39, 0.29) is 17.5 Å². The van der Waals surface area contributed by atoms with E-state index in [1.165, 1.54) is 16.5 Å². The molecule has 1 aliphatic carbocycles. The van der Waals surface area contributed by atoms with E-state index in [0.717, 1.165) is 30.9 Å². The zero-order valence-electron chi connectivity index (χ0n) is 14.3. The number of ketones is 1. The fourth-order valence-corrected chi connectivity index (χ4v) is 4.65. The van der Waals surface area contributed by atoms with Gasteiger partial charge in [0.25, 0.3) is 0 Å². The van der Waals surface area contributed by atoms with Crippen LogP contribution in [0.25, 0.3) is 0 Å². The summed E-state index contributed by atoms with van der Waals surface area (Å²) in [6.45, 7) is 4.08. The van der Waals surface area contributed by atoms with Crippen LogP contribution in [0.1, 0.15) is 41.8 Å². The molecule has 4 rings (SSSR count). The Balaban J connectivity index is 1.63. The maximum Gasteiger partial charge on any atom is 0.174 e. The number of hydrogen-bond donors (Lipinski definition) is 0. The van der Waals surface area contributed by atoms with Gasteiger partial charge < -0.3 is 4.74 Å². The molecule has 25 heavy (non-hydrogen) atoms. The van der Waals surface area contributed by atoms with E-state index in [2.05, 4.69) is 11.0 Å². The molecule has 0 bridgehead atoms. The molecular weight excluding hydrogens is 337 g/mol. The van der Waals surface area contributed by atoms with Gasteiger partial charge in [-0.3, -0.25) is 9.69 Å². The van der Waals surface area contributed by atoms with Gasteiger partial charge in [-0.1, -0.05) is 18.2 Å². The fraction of sp³-hybridized carbons (Fsp3) is 0.450. The number of carbonyl (C=O) groups is 1. The first kappa shape index (κ1) is 16.7. The van der Waals surface area contributed by atoms with Gasteiger partial charge in [-0.15, -0.1) is 11.3 Å². The lowest BCUT2D eigenvalue weighted by atomic mass is 9.95. The topological polar surface area (TPSA) is 29.5 Å². The summed E-state index contributed by atoms with van der Waals surface area (Å²) in [6.07, 6.45) is 2.77. The third-order valence-electron chi connectivity index (χ3n) is 4.97. The van der Waals surface area contributed by atoms with E-state index in [0.29, 0.717) is 18.7 Å². The highest BCUT2D eigenvalue weighted by molar-refractivity contribution is 7.14. The number of thiophene rings is 1. The van der Waals surface area contributed by atoms with Crippen molar-refractivity contribution in [3.05, 3.63) is 52.2 Å². The third kappa shape index (κ3) is 3.35. The molecule has 2 aromatic rings. The Hall–Kier alpha value is -1.72. The number of hydrogen-bond acceptors (Lipinski definition) is 4. The summed E-state index contributed by atoms with van der Waals surface area (Å²) in [7, 11) is 0. The highest BCUT2D eigenvalue weighted by atomic mass is 32.1. The zero-order chi connectivity index (χ0) is 17.4. The fourth-order valence-electron chi connectivity index (χ4n) is 3.58. The van der Waals surface area contributed by atoms with Crippen LogP contribution in [0.4, 0.5) is 4.39 Å². The summed E-state index contributed by atoms with van der Waals surface area (Å²) in [4.78, 5) is 16.4. The van der Waals surface area contributed by atoms with Crippen LogP contribution in [0.15, 0.2) is 30.3 Å². The number of Topliss-reactive ketones (excluding diaryl/α,β-unsaturated/α-hetero) is 1. The van der Waals surface area contributed by atoms with E-state index in [1.807, 2.05) is 13.0 Å². The first-order chi connectivity index (χ1) is 12.2. The van der Waals surface area contributed by atoms with Gasteiger partial charge in [-0.2, -0.15) is 0 Å². The Morgan fingerprint density at radius 2 is 2.20 bits per heavy atom. The molecule has 1 aliphatic heterocycles. The summed E-state index contributed by atoms with van der Waals surface area (Å²) >= 11 is 1.69. The van der Waals surface area contributed by atoms with Crippen molar-refractivity contribution in [1.29, 1.82) is 0 Å². The molecule has 1 unspecified atom stereocenters. The monoisotopic (exact) mass is 359 g/mol. The van der Waals surface area contributed by atoms with Crippen LogP contribution in [0, 0.1) is 11.7 Å². The molecule has 1 atom stereocenters. The Labute approximate surface area is 151 Å². The molecule has 0 amide bonds. The van der Waals surface area contributed by atoms with Gasteiger partial charge in [0.05, 0.1) is 12.6 Å². The summed E-state index contributed by atoms with van der Waals surface area (Å²) in [6, 6.07) is 8.32. The molecule has 2 heterocycles. The van der Waals surface area contributed by atoms with Crippen LogP contribution in [-0.2, 0) is 17.8 Å². The van der Waals surface area contributed by atoms with Crippen molar-refractivity contribution in [2.75, 3.05) is 13.2 Å². The second-order valence-corrected chi connectivity index (χ2v) is 7.87. The molecule has 0 radical (unpaired) electrons. The SMILES string of the molecule is CCOc1cc2c(s1)CCN(C(C(=O)C1CC1)c1ccccc1F)C2. The third-order valence-corrected chi connectivity index (χ3v) is 6.12. The van der Waals surface area contributed by atoms with Crippen LogP contribution in [0.3, 0.4) is 0 Å². The van der Waals surface area contributed by atoms with Crippen LogP contribution >= 0.6 is 11.3 Å². The minimum Gasteiger partial charge on any atom is -0.484 e. The molecular formula is C20H22FNO2S.